The quantitative estimate of drug-likeness (QED) is 0.687. The van der Waals surface area contributed by atoms with E-state index in [4.69, 9.17) is 0 Å². The third-order valence-corrected chi connectivity index (χ3v) is 7.12. The van der Waals surface area contributed by atoms with Gasteiger partial charge in [-0.1, -0.05) is 18.2 Å². The fourth-order valence-electron chi connectivity index (χ4n) is 2.45. The number of thiophene rings is 1. The molecule has 26 heavy (non-hydrogen) atoms. The molecule has 8 heteroatoms. The van der Waals surface area contributed by atoms with Gasteiger partial charge in [0, 0.05) is 11.9 Å². The highest BCUT2D eigenvalue weighted by atomic mass is 32.2. The van der Waals surface area contributed by atoms with Crippen LogP contribution in [0.3, 0.4) is 0 Å². The zero-order chi connectivity index (χ0) is 19.2. The molecule has 0 aliphatic carbocycles. The molecule has 0 saturated heterocycles. The first-order chi connectivity index (χ1) is 12.3. The molecule has 0 spiro atoms. The molecule has 2 aromatic rings. The number of benzene rings is 1. The fourth-order valence-corrected chi connectivity index (χ4v) is 5.12. The van der Waals surface area contributed by atoms with Gasteiger partial charge >= 0.3 is 0 Å². The van der Waals surface area contributed by atoms with Gasteiger partial charge in [-0.05, 0) is 54.5 Å². The minimum absolute atomic E-state index is 0.165. The Hall–Kier alpha value is -1.35. The number of rotatable bonds is 9. The lowest BCUT2D eigenvalue weighted by molar-refractivity contribution is -0.132. The van der Waals surface area contributed by atoms with Crippen LogP contribution in [-0.2, 0) is 21.4 Å². The zero-order valence-electron chi connectivity index (χ0n) is 15.1. The van der Waals surface area contributed by atoms with Crippen molar-refractivity contribution in [1.82, 2.24) is 9.62 Å². The van der Waals surface area contributed by atoms with Crippen molar-refractivity contribution in [3.05, 3.63) is 52.2 Å². The molecule has 5 nitrogen and oxygen atoms in total. The normalized spacial score (nSPS) is 12.7. The molecule has 0 bridgehead atoms. The lowest BCUT2D eigenvalue weighted by atomic mass is 10.2. The molecular formula is C18H24N2O3S3. The highest BCUT2D eigenvalue weighted by molar-refractivity contribution is 7.98. The van der Waals surface area contributed by atoms with Crippen LogP contribution in [0.25, 0.3) is 0 Å². The van der Waals surface area contributed by atoms with Crippen LogP contribution in [0.5, 0.6) is 0 Å². The maximum atomic E-state index is 12.9. The number of thioether (sulfide) groups is 1. The Labute approximate surface area is 163 Å². The number of likely N-dealkylation sites (N-methyl/N-ethyl adjacent to an activating group) is 1. The zero-order valence-corrected chi connectivity index (χ0v) is 17.6. The number of amides is 1. The van der Waals surface area contributed by atoms with E-state index in [1.807, 2.05) is 24.6 Å². The predicted molar refractivity (Wildman–Crippen MR) is 109 cm³/mol. The van der Waals surface area contributed by atoms with Gasteiger partial charge in [-0.2, -0.15) is 16.5 Å². The summed E-state index contributed by atoms with van der Waals surface area (Å²) in [6.07, 6.45) is 2.38. The van der Waals surface area contributed by atoms with Crippen LogP contribution in [0.1, 0.15) is 16.9 Å². The van der Waals surface area contributed by atoms with Gasteiger partial charge in [0.1, 0.15) is 6.04 Å². The highest BCUT2D eigenvalue weighted by Gasteiger charge is 2.28. The van der Waals surface area contributed by atoms with E-state index in [2.05, 4.69) is 4.72 Å². The van der Waals surface area contributed by atoms with Gasteiger partial charge in [-0.25, -0.2) is 8.42 Å². The average Bonchev–Trinajstić information content (AvgIpc) is 3.03. The number of hydrogen-bond donors (Lipinski definition) is 1. The van der Waals surface area contributed by atoms with E-state index in [-0.39, 0.29) is 10.8 Å². The average molecular weight is 413 g/mol. The maximum absolute atomic E-state index is 12.9. The number of nitrogens with zero attached hydrogens (tertiary/aromatic N) is 1. The van der Waals surface area contributed by atoms with E-state index in [9.17, 15) is 13.2 Å². The van der Waals surface area contributed by atoms with Crippen molar-refractivity contribution in [2.45, 2.75) is 30.8 Å². The molecule has 0 saturated carbocycles. The van der Waals surface area contributed by atoms with Crippen molar-refractivity contribution in [3.8, 4) is 0 Å². The number of nitrogens with one attached hydrogen (secondary N) is 1. The summed E-state index contributed by atoms with van der Waals surface area (Å²) >= 11 is 3.18. The summed E-state index contributed by atoms with van der Waals surface area (Å²) in [5.41, 5.74) is 1.14. The molecule has 1 unspecified atom stereocenters. The first kappa shape index (κ1) is 21.0. The lowest BCUT2D eigenvalue weighted by Crippen LogP contribution is -2.47. The third kappa shape index (κ3) is 5.57. The van der Waals surface area contributed by atoms with E-state index in [0.29, 0.717) is 18.7 Å². The van der Waals surface area contributed by atoms with Crippen molar-refractivity contribution in [2.24, 2.45) is 0 Å². The summed E-state index contributed by atoms with van der Waals surface area (Å²) in [5, 5.41) is 1.99. The van der Waals surface area contributed by atoms with E-state index in [1.165, 1.54) is 12.1 Å². The summed E-state index contributed by atoms with van der Waals surface area (Å²) in [4.78, 5) is 15.8. The minimum Gasteiger partial charge on any atom is -0.339 e. The largest absolute Gasteiger partial charge is 0.339 e. The van der Waals surface area contributed by atoms with Crippen molar-refractivity contribution in [2.75, 3.05) is 19.1 Å². The highest BCUT2D eigenvalue weighted by Crippen LogP contribution is 2.18. The third-order valence-electron chi connectivity index (χ3n) is 3.98. The van der Waals surface area contributed by atoms with Crippen molar-refractivity contribution in [3.63, 3.8) is 0 Å². The Kier molecular flexibility index (Phi) is 7.69. The summed E-state index contributed by atoms with van der Waals surface area (Å²) in [5.74, 6) is 0.478. The van der Waals surface area contributed by atoms with Crippen molar-refractivity contribution in [1.29, 1.82) is 0 Å². The summed E-state index contributed by atoms with van der Waals surface area (Å²) in [6, 6.07) is 9.37. The lowest BCUT2D eigenvalue weighted by Gasteiger charge is -2.24. The molecule has 2 rings (SSSR count). The van der Waals surface area contributed by atoms with E-state index >= 15 is 0 Å². The smallest absolute Gasteiger partial charge is 0.241 e. The second kappa shape index (κ2) is 9.55. The van der Waals surface area contributed by atoms with Crippen LogP contribution >= 0.6 is 23.1 Å². The monoisotopic (exact) mass is 412 g/mol. The van der Waals surface area contributed by atoms with Crippen LogP contribution < -0.4 is 4.72 Å². The summed E-state index contributed by atoms with van der Waals surface area (Å²) in [7, 11) is -2.03. The van der Waals surface area contributed by atoms with Crippen LogP contribution in [0.2, 0.25) is 0 Å². The summed E-state index contributed by atoms with van der Waals surface area (Å²) in [6.45, 7) is 2.48. The molecule has 1 atom stereocenters. The van der Waals surface area contributed by atoms with Gasteiger partial charge < -0.3 is 4.90 Å². The molecule has 0 radical (unpaired) electrons. The maximum Gasteiger partial charge on any atom is 0.241 e. The van der Waals surface area contributed by atoms with E-state index in [0.717, 1.165) is 10.4 Å². The molecule has 0 aliphatic rings. The first-order valence-electron chi connectivity index (χ1n) is 8.19. The van der Waals surface area contributed by atoms with E-state index in [1.54, 1.807) is 53.2 Å². The topological polar surface area (TPSA) is 66.5 Å². The molecule has 1 N–H and O–H groups in total. The SMILES string of the molecule is CSCCC(NS(=O)(=O)c1ccccc1)C(=O)N(C)Cc1sccc1C. The van der Waals surface area contributed by atoms with Crippen LogP contribution in [0, 0.1) is 6.92 Å². The van der Waals surface area contributed by atoms with Gasteiger partial charge in [0.25, 0.3) is 0 Å². The van der Waals surface area contributed by atoms with Gasteiger partial charge in [0.15, 0.2) is 0 Å². The Morgan fingerprint density at radius 1 is 1.27 bits per heavy atom. The van der Waals surface area contributed by atoms with Crippen molar-refractivity contribution < 1.29 is 13.2 Å². The molecule has 0 aliphatic heterocycles. The summed E-state index contributed by atoms with van der Waals surface area (Å²) < 4.78 is 27.8. The van der Waals surface area contributed by atoms with Gasteiger partial charge in [0.05, 0.1) is 11.4 Å². The molecule has 1 heterocycles. The number of aryl methyl sites for hydroxylation is 1. The van der Waals surface area contributed by atoms with Crippen LogP contribution in [-0.4, -0.2) is 44.3 Å². The Bertz CT molecular complexity index is 819. The molecular weight excluding hydrogens is 388 g/mol. The number of hydrogen-bond acceptors (Lipinski definition) is 5. The fraction of sp³-hybridized carbons (Fsp3) is 0.389. The van der Waals surface area contributed by atoms with Gasteiger partial charge in [-0.15, -0.1) is 11.3 Å². The van der Waals surface area contributed by atoms with Crippen molar-refractivity contribution >= 4 is 39.0 Å². The number of sulfonamides is 1. The second-order valence-corrected chi connectivity index (χ2v) is 9.69. The van der Waals surface area contributed by atoms with Crippen LogP contribution in [0.4, 0.5) is 0 Å². The Morgan fingerprint density at radius 2 is 1.96 bits per heavy atom. The molecule has 142 valence electrons. The number of carbonyl (C=O) groups excluding carboxylic acids is 1. The Balaban J connectivity index is 2.15. The second-order valence-electron chi connectivity index (χ2n) is 5.99. The molecule has 1 aromatic heterocycles. The first-order valence-corrected chi connectivity index (χ1v) is 11.9. The molecule has 1 aromatic carbocycles. The van der Waals surface area contributed by atoms with Gasteiger partial charge in [-0.3, -0.25) is 4.79 Å². The predicted octanol–water partition coefficient (Wildman–Crippen LogP) is 3.12. The van der Waals surface area contributed by atoms with Gasteiger partial charge in [0.2, 0.25) is 15.9 Å². The molecule has 0 fully saturated rings. The van der Waals surface area contributed by atoms with E-state index < -0.39 is 16.1 Å². The molecule has 1 amide bonds. The minimum atomic E-state index is -3.74. The standard InChI is InChI=1S/C18H24N2O3S3/c1-14-9-12-25-17(14)13-20(2)18(21)16(10-11-24-3)19-26(22,23)15-7-5-4-6-8-15/h4-9,12,16,19H,10-11,13H2,1-3H3. The Morgan fingerprint density at radius 3 is 2.54 bits per heavy atom. The van der Waals surface area contributed by atoms with Crippen LogP contribution in [0.15, 0.2) is 46.7 Å². The number of carbonyl (C=O) groups is 1.